The number of halogens is 1. The molecular formula is C12H16ClN5O. The van der Waals surface area contributed by atoms with E-state index in [2.05, 4.69) is 23.9 Å². The van der Waals surface area contributed by atoms with Gasteiger partial charge in [0.2, 0.25) is 0 Å². The highest BCUT2D eigenvalue weighted by Crippen LogP contribution is 2.11. The van der Waals surface area contributed by atoms with Crippen LogP contribution < -0.4 is 11.3 Å². The predicted octanol–water partition coefficient (Wildman–Crippen LogP) is 1.69. The molecule has 1 unspecified atom stereocenters. The molecule has 2 aromatic rings. The van der Waals surface area contributed by atoms with Crippen LogP contribution >= 0.6 is 11.6 Å². The van der Waals surface area contributed by atoms with Crippen LogP contribution in [0.5, 0.6) is 0 Å². The van der Waals surface area contributed by atoms with Gasteiger partial charge in [-0.2, -0.15) is 5.10 Å². The van der Waals surface area contributed by atoms with Gasteiger partial charge in [-0.3, -0.25) is 14.0 Å². The minimum Gasteiger partial charge on any atom is -0.392 e. The highest BCUT2D eigenvalue weighted by Gasteiger charge is 2.09. The van der Waals surface area contributed by atoms with Crippen molar-refractivity contribution < 1.29 is 0 Å². The Hall–Kier alpha value is -1.82. The lowest BCUT2D eigenvalue weighted by Crippen LogP contribution is -2.24. The fourth-order valence-corrected chi connectivity index (χ4v) is 1.79. The Bertz CT molecular complexity index is 633. The van der Waals surface area contributed by atoms with Crippen LogP contribution in [0.25, 0.3) is 0 Å². The second kappa shape index (κ2) is 5.44. The Morgan fingerprint density at radius 1 is 1.53 bits per heavy atom. The van der Waals surface area contributed by atoms with Gasteiger partial charge in [0.15, 0.2) is 5.15 Å². The quantitative estimate of drug-likeness (QED) is 0.865. The average Bonchev–Trinajstić information content (AvgIpc) is 2.87. The summed E-state index contributed by atoms with van der Waals surface area (Å²) < 4.78 is 3.28. The maximum atomic E-state index is 11.9. The normalized spacial score (nSPS) is 12.6. The summed E-state index contributed by atoms with van der Waals surface area (Å²) in [5, 5.41) is 4.46. The highest BCUT2D eigenvalue weighted by atomic mass is 35.5. The number of nitrogen functional groups attached to an aromatic ring is 1. The van der Waals surface area contributed by atoms with Crippen LogP contribution in [0.2, 0.25) is 5.15 Å². The summed E-state index contributed by atoms with van der Waals surface area (Å²) in [6.07, 6.45) is 4.28. The van der Waals surface area contributed by atoms with Gasteiger partial charge >= 0.3 is 0 Å². The Morgan fingerprint density at radius 3 is 2.95 bits per heavy atom. The first-order chi connectivity index (χ1) is 9.02. The maximum Gasteiger partial charge on any atom is 0.278 e. The van der Waals surface area contributed by atoms with Crippen molar-refractivity contribution in [3.05, 3.63) is 39.8 Å². The molecule has 0 aliphatic rings. The molecule has 0 amide bonds. The molecule has 2 rings (SSSR count). The van der Waals surface area contributed by atoms with Crippen LogP contribution in [-0.4, -0.2) is 19.3 Å². The molecular weight excluding hydrogens is 266 g/mol. The second-order valence-electron chi connectivity index (χ2n) is 4.43. The van der Waals surface area contributed by atoms with E-state index in [-0.39, 0.29) is 16.4 Å². The van der Waals surface area contributed by atoms with Crippen molar-refractivity contribution in [3.63, 3.8) is 0 Å². The number of rotatable bonds is 4. The monoisotopic (exact) mass is 281 g/mol. The number of nitrogens with zero attached hydrogens (tertiary/aromatic N) is 4. The van der Waals surface area contributed by atoms with Crippen LogP contribution in [0.1, 0.15) is 32.0 Å². The van der Waals surface area contributed by atoms with Gasteiger partial charge in [-0.15, -0.1) is 0 Å². The van der Waals surface area contributed by atoms with E-state index in [1.807, 2.05) is 16.9 Å². The van der Waals surface area contributed by atoms with Gasteiger partial charge in [-0.25, -0.2) is 4.98 Å². The molecule has 1 atom stereocenters. The van der Waals surface area contributed by atoms with E-state index in [0.717, 1.165) is 12.1 Å². The van der Waals surface area contributed by atoms with Gasteiger partial charge < -0.3 is 5.73 Å². The zero-order valence-electron chi connectivity index (χ0n) is 10.9. The van der Waals surface area contributed by atoms with Gasteiger partial charge in [-0.05, 0) is 19.4 Å². The number of hydrogen-bond donors (Lipinski definition) is 1. The summed E-state index contributed by atoms with van der Waals surface area (Å²) in [7, 11) is 0. The lowest BCUT2D eigenvalue weighted by molar-refractivity contribution is 0.472. The lowest BCUT2D eigenvalue weighted by Gasteiger charge is -2.08. The topological polar surface area (TPSA) is 78.7 Å². The van der Waals surface area contributed by atoms with Crippen molar-refractivity contribution in [3.8, 4) is 0 Å². The van der Waals surface area contributed by atoms with Crippen molar-refractivity contribution in [2.45, 2.75) is 32.9 Å². The van der Waals surface area contributed by atoms with Crippen LogP contribution in [0.3, 0.4) is 0 Å². The summed E-state index contributed by atoms with van der Waals surface area (Å²) in [5.74, 6) is 0. The summed E-state index contributed by atoms with van der Waals surface area (Å²) in [6.45, 7) is 4.52. The van der Waals surface area contributed by atoms with E-state index in [0.29, 0.717) is 12.6 Å². The Morgan fingerprint density at radius 2 is 2.26 bits per heavy atom. The Labute approximate surface area is 115 Å². The van der Waals surface area contributed by atoms with Crippen molar-refractivity contribution in [2.24, 2.45) is 0 Å². The molecule has 0 aromatic carbocycles. The van der Waals surface area contributed by atoms with Crippen molar-refractivity contribution in [1.29, 1.82) is 0 Å². The molecule has 0 bridgehead atoms. The standard InChI is InChI=1S/C12H16ClN5O/c1-3-8(2)18-5-4-9(16-18)6-17-7-15-11(13)10(14)12(17)19/h4-5,7-8H,3,6,14H2,1-2H3. The van der Waals surface area contributed by atoms with Gasteiger partial charge in [-0.1, -0.05) is 18.5 Å². The first-order valence-electron chi connectivity index (χ1n) is 6.07. The van der Waals surface area contributed by atoms with E-state index in [1.165, 1.54) is 10.9 Å². The molecule has 102 valence electrons. The zero-order valence-corrected chi connectivity index (χ0v) is 11.6. The lowest BCUT2D eigenvalue weighted by atomic mass is 10.3. The molecule has 0 fully saturated rings. The third kappa shape index (κ3) is 2.78. The molecule has 0 radical (unpaired) electrons. The van der Waals surface area contributed by atoms with Gasteiger partial charge in [0.1, 0.15) is 5.69 Å². The van der Waals surface area contributed by atoms with Gasteiger partial charge in [0.05, 0.1) is 18.6 Å². The van der Waals surface area contributed by atoms with Crippen molar-refractivity contribution in [2.75, 3.05) is 5.73 Å². The minimum atomic E-state index is -0.349. The number of anilines is 1. The number of hydrogen-bond acceptors (Lipinski definition) is 4. The van der Waals surface area contributed by atoms with E-state index < -0.39 is 0 Å². The van der Waals surface area contributed by atoms with Crippen LogP contribution in [0.15, 0.2) is 23.4 Å². The van der Waals surface area contributed by atoms with E-state index >= 15 is 0 Å². The summed E-state index contributed by atoms with van der Waals surface area (Å²) in [6, 6.07) is 2.21. The summed E-state index contributed by atoms with van der Waals surface area (Å²) in [5.41, 5.74) is 5.96. The first-order valence-corrected chi connectivity index (χ1v) is 6.45. The van der Waals surface area contributed by atoms with Crippen molar-refractivity contribution >= 4 is 17.3 Å². The van der Waals surface area contributed by atoms with Gasteiger partial charge in [0, 0.05) is 12.2 Å². The Kier molecular flexibility index (Phi) is 3.90. The number of aromatic nitrogens is 4. The smallest absolute Gasteiger partial charge is 0.278 e. The first kappa shape index (κ1) is 13.6. The molecule has 7 heteroatoms. The molecule has 0 aliphatic carbocycles. The molecule has 0 aliphatic heterocycles. The molecule has 0 spiro atoms. The molecule has 19 heavy (non-hydrogen) atoms. The fourth-order valence-electron chi connectivity index (χ4n) is 1.67. The molecule has 0 saturated heterocycles. The zero-order chi connectivity index (χ0) is 14.0. The van der Waals surface area contributed by atoms with Gasteiger partial charge in [0.25, 0.3) is 5.56 Å². The average molecular weight is 282 g/mol. The van der Waals surface area contributed by atoms with Crippen molar-refractivity contribution in [1.82, 2.24) is 19.3 Å². The molecule has 2 heterocycles. The molecule has 6 nitrogen and oxygen atoms in total. The highest BCUT2D eigenvalue weighted by molar-refractivity contribution is 6.31. The largest absolute Gasteiger partial charge is 0.392 e. The van der Waals surface area contributed by atoms with E-state index in [4.69, 9.17) is 17.3 Å². The second-order valence-corrected chi connectivity index (χ2v) is 4.78. The molecule has 0 saturated carbocycles. The van der Waals surface area contributed by atoms with Crippen LogP contribution in [0.4, 0.5) is 5.69 Å². The Balaban J connectivity index is 2.25. The summed E-state index contributed by atoms with van der Waals surface area (Å²) in [4.78, 5) is 15.7. The van der Waals surface area contributed by atoms with Crippen LogP contribution in [0, 0.1) is 0 Å². The number of nitrogens with two attached hydrogens (primary N) is 1. The third-order valence-electron chi connectivity index (χ3n) is 3.06. The summed E-state index contributed by atoms with van der Waals surface area (Å²) >= 11 is 5.68. The third-order valence-corrected chi connectivity index (χ3v) is 3.36. The van der Waals surface area contributed by atoms with E-state index in [9.17, 15) is 4.79 Å². The van der Waals surface area contributed by atoms with E-state index in [1.54, 1.807) is 0 Å². The molecule has 2 N–H and O–H groups in total. The molecule has 2 aromatic heterocycles. The predicted molar refractivity (Wildman–Crippen MR) is 74.3 cm³/mol. The maximum absolute atomic E-state index is 11.9. The SMILES string of the molecule is CCC(C)n1ccc(Cn2cnc(Cl)c(N)c2=O)n1. The van der Waals surface area contributed by atoms with Crippen LogP contribution in [-0.2, 0) is 6.54 Å². The fraction of sp³-hybridized carbons (Fsp3) is 0.417. The minimum absolute atomic E-state index is 0.0337.